The van der Waals surface area contributed by atoms with Gasteiger partial charge in [-0.2, -0.15) is 11.8 Å². The number of hydrogen-bond donors (Lipinski definition) is 3. The van der Waals surface area contributed by atoms with E-state index < -0.39 is 17.5 Å². The summed E-state index contributed by atoms with van der Waals surface area (Å²) in [7, 11) is 0. The minimum atomic E-state index is -0.705. The van der Waals surface area contributed by atoms with Crippen molar-refractivity contribution >= 4 is 35.4 Å². The molecule has 4 amide bonds. The molecule has 3 N–H and O–H groups in total. The van der Waals surface area contributed by atoms with Gasteiger partial charge in [0, 0.05) is 51.6 Å². The Morgan fingerprint density at radius 1 is 1.15 bits per heavy atom. The molecule has 0 aromatic heterocycles. The number of fused-ring (bicyclic) bond motifs is 1. The van der Waals surface area contributed by atoms with Crippen LogP contribution in [0.3, 0.4) is 0 Å². The van der Waals surface area contributed by atoms with Crippen molar-refractivity contribution in [1.29, 1.82) is 0 Å². The van der Waals surface area contributed by atoms with Gasteiger partial charge in [-0.15, -0.1) is 0 Å². The van der Waals surface area contributed by atoms with E-state index in [4.69, 9.17) is 4.74 Å². The number of rotatable bonds is 7. The number of likely N-dealkylation sites (tertiary alicyclic amines) is 1. The molecule has 2 saturated heterocycles. The lowest BCUT2D eigenvalue weighted by atomic mass is 9.75. The summed E-state index contributed by atoms with van der Waals surface area (Å²) in [5.41, 5.74) is 0.368. The molecular weight excluding hydrogens is 540 g/mol. The molecule has 1 aromatic carbocycles. The van der Waals surface area contributed by atoms with Gasteiger partial charge in [-0.3, -0.25) is 19.2 Å². The number of nitrogens with zero attached hydrogens (tertiary/aromatic N) is 1. The molecule has 3 aliphatic heterocycles. The highest BCUT2D eigenvalue weighted by Crippen LogP contribution is 2.36. The molecule has 0 aliphatic carbocycles. The van der Waals surface area contributed by atoms with Gasteiger partial charge in [0.2, 0.25) is 23.6 Å². The number of carbonyl (C=O) groups is 4. The van der Waals surface area contributed by atoms with Gasteiger partial charge in [0.1, 0.15) is 12.1 Å². The van der Waals surface area contributed by atoms with Crippen LogP contribution in [0.25, 0.3) is 0 Å². The topological polar surface area (TPSA) is 117 Å². The molecule has 224 valence electrons. The van der Waals surface area contributed by atoms with Gasteiger partial charge in [0.25, 0.3) is 0 Å². The van der Waals surface area contributed by atoms with E-state index in [9.17, 15) is 19.2 Å². The highest BCUT2D eigenvalue weighted by Gasteiger charge is 2.42. The number of benzene rings is 1. The zero-order valence-corrected chi connectivity index (χ0v) is 25.0. The number of carbonyl (C=O) groups excluding carboxylic acids is 4. The maximum absolute atomic E-state index is 13.8. The third kappa shape index (κ3) is 8.35. The van der Waals surface area contributed by atoms with Crippen LogP contribution in [-0.4, -0.2) is 85.0 Å². The lowest BCUT2D eigenvalue weighted by Gasteiger charge is -2.41. The second kappa shape index (κ2) is 14.9. The third-order valence-electron chi connectivity index (χ3n) is 8.61. The van der Waals surface area contributed by atoms with E-state index in [1.54, 1.807) is 11.8 Å². The van der Waals surface area contributed by atoms with E-state index in [0.29, 0.717) is 71.2 Å². The molecule has 1 spiro atoms. The first-order chi connectivity index (χ1) is 19.8. The molecule has 4 rings (SSSR count). The van der Waals surface area contributed by atoms with E-state index in [2.05, 4.69) is 28.1 Å². The summed E-state index contributed by atoms with van der Waals surface area (Å²) < 4.78 is 5.59. The van der Waals surface area contributed by atoms with Crippen molar-refractivity contribution in [2.45, 2.75) is 70.0 Å². The summed E-state index contributed by atoms with van der Waals surface area (Å²) >= 11 is 1.65. The van der Waals surface area contributed by atoms with Crippen molar-refractivity contribution < 1.29 is 23.9 Å². The van der Waals surface area contributed by atoms with Crippen molar-refractivity contribution in [3.05, 3.63) is 48.0 Å². The molecule has 9 nitrogen and oxygen atoms in total. The number of piperidine rings is 1. The van der Waals surface area contributed by atoms with Crippen LogP contribution in [-0.2, 0) is 30.3 Å². The van der Waals surface area contributed by atoms with E-state index in [0.717, 1.165) is 11.3 Å². The minimum Gasteiger partial charge on any atom is -0.381 e. The zero-order valence-electron chi connectivity index (χ0n) is 24.2. The summed E-state index contributed by atoms with van der Waals surface area (Å²) in [5.74, 6) is 0.229. The molecule has 2 fully saturated rings. The fourth-order valence-corrected chi connectivity index (χ4v) is 6.61. The summed E-state index contributed by atoms with van der Waals surface area (Å²) in [4.78, 5) is 54.6. The lowest BCUT2D eigenvalue weighted by Crippen LogP contribution is -2.59. The first-order valence-electron chi connectivity index (χ1n) is 14.7. The molecule has 0 saturated carbocycles. The Morgan fingerprint density at radius 2 is 1.90 bits per heavy atom. The number of nitrogens with one attached hydrogen (secondary N) is 3. The van der Waals surface area contributed by atoms with Crippen molar-refractivity contribution in [1.82, 2.24) is 20.9 Å². The molecule has 3 heterocycles. The van der Waals surface area contributed by atoms with Crippen LogP contribution in [0.5, 0.6) is 0 Å². The van der Waals surface area contributed by atoms with Crippen LogP contribution >= 0.6 is 11.8 Å². The summed E-state index contributed by atoms with van der Waals surface area (Å²) in [6.45, 7) is 3.47. The Labute approximate surface area is 247 Å². The predicted molar refractivity (Wildman–Crippen MR) is 160 cm³/mol. The van der Waals surface area contributed by atoms with E-state index in [-0.39, 0.29) is 35.6 Å². The Bertz CT molecular complexity index is 1090. The van der Waals surface area contributed by atoms with Gasteiger partial charge in [0.15, 0.2) is 0 Å². The summed E-state index contributed by atoms with van der Waals surface area (Å²) in [6, 6.07) is 8.36. The predicted octanol–water partition coefficient (Wildman–Crippen LogP) is 2.45. The number of allylic oxidation sites excluding steroid dienone is 2. The average Bonchev–Trinajstić information content (AvgIpc) is 2.97. The molecule has 3 aliphatic rings. The van der Waals surface area contributed by atoms with Crippen LogP contribution in [0.1, 0.15) is 51.0 Å². The van der Waals surface area contributed by atoms with Crippen LogP contribution in [0.15, 0.2) is 42.5 Å². The number of amides is 4. The second-order valence-electron chi connectivity index (χ2n) is 11.5. The normalized spacial score (nSPS) is 26.4. The highest BCUT2D eigenvalue weighted by atomic mass is 32.2. The molecule has 41 heavy (non-hydrogen) atoms. The number of hydrogen-bond acceptors (Lipinski definition) is 6. The monoisotopic (exact) mass is 584 g/mol. The molecule has 0 radical (unpaired) electrons. The van der Waals surface area contributed by atoms with Crippen molar-refractivity contribution in [3.63, 3.8) is 0 Å². The standard InChI is InChI=1S/C31H44N4O5S/c1-22(36)32-26(12-19-41-2)29(38)35-16-11-25-24(21-35)10-6-7-13-31(14-17-40-18-15-31)30(39)34-27(28(37)33-25)20-23-8-4-3-5-9-23/h3-9,24-27H,10-21H2,1-2H3,(H,32,36)(H,33,37)(H,34,39)/b7-6+/t24-,25+,26-,27+/m0/s1. The van der Waals surface area contributed by atoms with E-state index >= 15 is 0 Å². The minimum absolute atomic E-state index is 0.0181. The SMILES string of the molecule is CSCC[C@H](NC(C)=O)C(=O)N1CC[C@H]2NC(=O)[C@@H](Cc3ccccc3)NC(=O)C3(C/C=C/C[C@H]2C1)CCOCC3. The van der Waals surface area contributed by atoms with Gasteiger partial charge in [-0.05, 0) is 56.1 Å². The lowest BCUT2D eigenvalue weighted by molar-refractivity contribution is -0.141. The molecular formula is C31H44N4O5S. The van der Waals surface area contributed by atoms with Crippen LogP contribution in [0.2, 0.25) is 0 Å². The maximum Gasteiger partial charge on any atom is 0.245 e. The fraction of sp³-hybridized carbons (Fsp3) is 0.613. The number of thioether (sulfide) groups is 1. The molecule has 0 bridgehead atoms. The molecule has 1 aromatic rings. The van der Waals surface area contributed by atoms with Crippen LogP contribution in [0, 0.1) is 11.3 Å². The van der Waals surface area contributed by atoms with Gasteiger partial charge < -0.3 is 25.6 Å². The fourth-order valence-electron chi connectivity index (χ4n) is 6.14. The van der Waals surface area contributed by atoms with Gasteiger partial charge in [-0.1, -0.05) is 42.5 Å². The van der Waals surface area contributed by atoms with Gasteiger partial charge >= 0.3 is 0 Å². The van der Waals surface area contributed by atoms with Crippen molar-refractivity contribution in [3.8, 4) is 0 Å². The Balaban J connectivity index is 1.56. The number of ether oxygens (including phenoxy) is 1. The Kier molecular flexibility index (Phi) is 11.3. The van der Waals surface area contributed by atoms with Crippen LogP contribution in [0.4, 0.5) is 0 Å². The molecule has 10 heteroatoms. The van der Waals surface area contributed by atoms with Gasteiger partial charge in [0.05, 0.1) is 5.41 Å². The smallest absolute Gasteiger partial charge is 0.245 e. The van der Waals surface area contributed by atoms with E-state index in [1.807, 2.05) is 41.5 Å². The molecule has 4 atom stereocenters. The average molecular weight is 585 g/mol. The first-order valence-corrected chi connectivity index (χ1v) is 16.1. The summed E-state index contributed by atoms with van der Waals surface area (Å²) in [6.07, 6.45) is 10.3. The maximum atomic E-state index is 13.8. The van der Waals surface area contributed by atoms with Crippen molar-refractivity contribution in [2.75, 3.05) is 38.3 Å². The Morgan fingerprint density at radius 3 is 2.61 bits per heavy atom. The van der Waals surface area contributed by atoms with Crippen molar-refractivity contribution in [2.24, 2.45) is 11.3 Å². The van der Waals surface area contributed by atoms with Crippen LogP contribution < -0.4 is 16.0 Å². The largest absolute Gasteiger partial charge is 0.381 e. The quantitative estimate of drug-likeness (QED) is 0.424. The zero-order chi connectivity index (χ0) is 29.2. The second-order valence-corrected chi connectivity index (χ2v) is 12.5. The summed E-state index contributed by atoms with van der Waals surface area (Å²) in [5, 5.41) is 9.21. The van der Waals surface area contributed by atoms with Gasteiger partial charge in [-0.25, -0.2) is 0 Å². The highest BCUT2D eigenvalue weighted by molar-refractivity contribution is 7.98. The Hall–Kier alpha value is -2.85. The molecule has 0 unspecified atom stereocenters. The van der Waals surface area contributed by atoms with E-state index in [1.165, 1.54) is 6.92 Å². The first kappa shape index (κ1) is 31.1. The third-order valence-corrected chi connectivity index (χ3v) is 9.25.